The smallest absolute Gasteiger partial charge is 0.123 e. The quantitative estimate of drug-likeness (QED) is 0.320. The average molecular weight is 486 g/mol. The molecule has 0 unspecified atom stereocenters. The molecule has 0 bridgehead atoms. The summed E-state index contributed by atoms with van der Waals surface area (Å²) in [4.78, 5) is 4.81. The zero-order chi connectivity index (χ0) is 25.1. The van der Waals surface area contributed by atoms with Crippen molar-refractivity contribution in [1.82, 2.24) is 0 Å². The van der Waals surface area contributed by atoms with E-state index >= 15 is 0 Å². The van der Waals surface area contributed by atoms with Gasteiger partial charge < -0.3 is 28.4 Å². The fourth-order valence-corrected chi connectivity index (χ4v) is 4.09. The molecule has 7 nitrogen and oxygen atoms in total. The summed E-state index contributed by atoms with van der Waals surface area (Å²) in [5.41, 5.74) is 5.80. The van der Waals surface area contributed by atoms with Crippen LogP contribution in [-0.2, 0) is 30.8 Å². The molecule has 2 aromatic carbocycles. The van der Waals surface area contributed by atoms with E-state index < -0.39 is 0 Å². The average Bonchev–Trinajstić information content (AvgIpc) is 3.07. The number of rotatable bonds is 16. The van der Waals surface area contributed by atoms with Gasteiger partial charge in [0.1, 0.15) is 24.7 Å². The van der Waals surface area contributed by atoms with Crippen LogP contribution in [0.15, 0.2) is 41.4 Å². The molecule has 7 heteroatoms. The van der Waals surface area contributed by atoms with Gasteiger partial charge in [0.05, 0.1) is 45.3 Å². The SMILES string of the molecule is COCCOCCOc1cc(Cc2cccc3c2C(C)(C)C(C)=N3)cc(OCCOCCOC)c1. The highest BCUT2D eigenvalue weighted by Crippen LogP contribution is 2.42. The normalized spacial score (nSPS) is 14.0. The van der Waals surface area contributed by atoms with Gasteiger partial charge in [0, 0.05) is 31.4 Å². The highest BCUT2D eigenvalue weighted by atomic mass is 16.5. The molecule has 192 valence electrons. The van der Waals surface area contributed by atoms with E-state index in [0.29, 0.717) is 52.9 Å². The zero-order valence-electron chi connectivity index (χ0n) is 21.7. The van der Waals surface area contributed by atoms with Gasteiger partial charge >= 0.3 is 0 Å². The first-order chi connectivity index (χ1) is 17.0. The lowest BCUT2D eigenvalue weighted by Crippen LogP contribution is -2.24. The molecule has 0 spiro atoms. The zero-order valence-corrected chi connectivity index (χ0v) is 21.7. The maximum absolute atomic E-state index is 6.00. The van der Waals surface area contributed by atoms with Crippen molar-refractivity contribution < 1.29 is 28.4 Å². The summed E-state index contributed by atoms with van der Waals surface area (Å²) in [6.07, 6.45) is 0.762. The Hall–Kier alpha value is -2.45. The second-order valence-electron chi connectivity index (χ2n) is 9.03. The minimum Gasteiger partial charge on any atom is -0.491 e. The van der Waals surface area contributed by atoms with Crippen LogP contribution in [0.2, 0.25) is 0 Å². The fraction of sp³-hybridized carbons (Fsp3) is 0.536. The number of hydrogen-bond acceptors (Lipinski definition) is 7. The molecular formula is C28H39NO6. The standard InChI is InChI=1S/C28H39NO6/c1-21-28(2,3)27-23(7-6-8-26(27)29-21)17-22-18-24(34-15-13-32-11-9-30-4)20-25(19-22)35-16-14-33-12-10-31-5/h6-8,18-20H,9-17H2,1-5H3. The van der Waals surface area contributed by atoms with Gasteiger partial charge in [0.15, 0.2) is 0 Å². The molecule has 0 N–H and O–H groups in total. The van der Waals surface area contributed by atoms with Crippen molar-refractivity contribution in [3.63, 3.8) is 0 Å². The Morgan fingerprint density at radius 1 is 0.743 bits per heavy atom. The summed E-state index contributed by atoms with van der Waals surface area (Å²) in [5.74, 6) is 1.51. The number of aliphatic imine (C=N–C) groups is 1. The Kier molecular flexibility index (Phi) is 10.5. The van der Waals surface area contributed by atoms with Gasteiger partial charge in [0.25, 0.3) is 0 Å². The molecule has 0 fully saturated rings. The maximum atomic E-state index is 6.00. The van der Waals surface area contributed by atoms with Crippen LogP contribution in [0.5, 0.6) is 11.5 Å². The Labute approximate surface area is 209 Å². The molecule has 1 aliphatic rings. The predicted molar refractivity (Wildman–Crippen MR) is 138 cm³/mol. The highest BCUT2D eigenvalue weighted by Gasteiger charge is 2.34. The van der Waals surface area contributed by atoms with Crippen molar-refractivity contribution in [1.29, 1.82) is 0 Å². The molecule has 0 aliphatic carbocycles. The van der Waals surface area contributed by atoms with Crippen LogP contribution in [0, 0.1) is 0 Å². The molecule has 1 aliphatic heterocycles. The van der Waals surface area contributed by atoms with E-state index in [-0.39, 0.29) is 5.41 Å². The molecule has 0 saturated heterocycles. The second kappa shape index (κ2) is 13.6. The third-order valence-electron chi connectivity index (χ3n) is 6.14. The van der Waals surface area contributed by atoms with Gasteiger partial charge in [-0.2, -0.15) is 0 Å². The molecule has 0 saturated carbocycles. The number of fused-ring (bicyclic) bond motifs is 1. The third-order valence-corrected chi connectivity index (χ3v) is 6.14. The lowest BCUT2D eigenvalue weighted by molar-refractivity contribution is 0.0532. The van der Waals surface area contributed by atoms with Gasteiger partial charge in [-0.15, -0.1) is 0 Å². The molecule has 0 radical (unpaired) electrons. The molecular weight excluding hydrogens is 446 g/mol. The van der Waals surface area contributed by atoms with Crippen LogP contribution < -0.4 is 9.47 Å². The molecule has 3 rings (SSSR count). The summed E-state index contributed by atoms with van der Waals surface area (Å²) < 4.78 is 33.1. The summed E-state index contributed by atoms with van der Waals surface area (Å²) in [6.45, 7) is 10.7. The van der Waals surface area contributed by atoms with E-state index in [1.54, 1.807) is 14.2 Å². The van der Waals surface area contributed by atoms with Crippen molar-refractivity contribution in [2.75, 3.05) is 67.1 Å². The molecule has 0 aromatic heterocycles. The summed E-state index contributed by atoms with van der Waals surface area (Å²) in [7, 11) is 3.32. The molecule has 0 amide bonds. The first-order valence-electron chi connectivity index (χ1n) is 12.2. The molecule has 1 heterocycles. The van der Waals surface area contributed by atoms with E-state index in [9.17, 15) is 0 Å². The monoisotopic (exact) mass is 485 g/mol. The number of nitrogens with zero attached hydrogens (tertiary/aromatic N) is 1. The Bertz CT molecular complexity index is 938. The fourth-order valence-electron chi connectivity index (χ4n) is 4.09. The number of benzene rings is 2. The minimum absolute atomic E-state index is 0.0849. The topological polar surface area (TPSA) is 67.7 Å². The van der Waals surface area contributed by atoms with Gasteiger partial charge in [-0.1, -0.05) is 26.0 Å². The van der Waals surface area contributed by atoms with Gasteiger partial charge in [-0.05, 0) is 48.2 Å². The van der Waals surface area contributed by atoms with Crippen molar-refractivity contribution in [3.8, 4) is 11.5 Å². The number of methoxy groups -OCH3 is 2. The predicted octanol–water partition coefficient (Wildman–Crippen LogP) is 4.74. The molecule has 2 aromatic rings. The van der Waals surface area contributed by atoms with Crippen LogP contribution in [-0.4, -0.2) is 72.8 Å². The van der Waals surface area contributed by atoms with Crippen LogP contribution in [0.4, 0.5) is 5.69 Å². The number of ether oxygens (including phenoxy) is 6. The maximum Gasteiger partial charge on any atom is 0.123 e. The van der Waals surface area contributed by atoms with Crippen LogP contribution in [0.3, 0.4) is 0 Å². The van der Waals surface area contributed by atoms with E-state index in [4.69, 9.17) is 33.4 Å². The second-order valence-corrected chi connectivity index (χ2v) is 9.03. The lowest BCUT2D eigenvalue weighted by atomic mass is 9.78. The minimum atomic E-state index is -0.0849. The Morgan fingerprint density at radius 2 is 1.31 bits per heavy atom. The number of hydrogen-bond donors (Lipinski definition) is 0. The summed E-state index contributed by atoms with van der Waals surface area (Å²) >= 11 is 0. The summed E-state index contributed by atoms with van der Waals surface area (Å²) in [6, 6.07) is 12.4. The van der Waals surface area contributed by atoms with E-state index in [0.717, 1.165) is 34.9 Å². The first-order valence-corrected chi connectivity index (χ1v) is 12.2. The van der Waals surface area contributed by atoms with Gasteiger partial charge in [-0.25, -0.2) is 0 Å². The van der Waals surface area contributed by atoms with Gasteiger partial charge in [-0.3, -0.25) is 4.99 Å². The Balaban J connectivity index is 1.72. The van der Waals surface area contributed by atoms with Crippen LogP contribution in [0.25, 0.3) is 0 Å². The van der Waals surface area contributed by atoms with E-state index in [1.165, 1.54) is 11.1 Å². The van der Waals surface area contributed by atoms with Crippen molar-refractivity contribution in [2.24, 2.45) is 4.99 Å². The van der Waals surface area contributed by atoms with Crippen LogP contribution in [0.1, 0.15) is 37.5 Å². The van der Waals surface area contributed by atoms with Crippen LogP contribution >= 0.6 is 0 Å². The van der Waals surface area contributed by atoms with Crippen molar-refractivity contribution in [2.45, 2.75) is 32.6 Å². The largest absolute Gasteiger partial charge is 0.491 e. The molecule has 35 heavy (non-hydrogen) atoms. The molecule has 0 atom stereocenters. The van der Waals surface area contributed by atoms with Gasteiger partial charge in [0.2, 0.25) is 0 Å². The van der Waals surface area contributed by atoms with E-state index in [1.807, 2.05) is 6.07 Å². The Morgan fingerprint density at radius 3 is 1.89 bits per heavy atom. The third kappa shape index (κ3) is 7.77. The van der Waals surface area contributed by atoms with E-state index in [2.05, 4.69) is 51.1 Å². The summed E-state index contributed by atoms with van der Waals surface area (Å²) in [5, 5.41) is 0. The lowest BCUT2D eigenvalue weighted by Gasteiger charge is -2.23. The first kappa shape index (κ1) is 27.1. The highest BCUT2D eigenvalue weighted by molar-refractivity contribution is 6.00. The van der Waals surface area contributed by atoms with Crippen molar-refractivity contribution in [3.05, 3.63) is 53.1 Å². The van der Waals surface area contributed by atoms with Crippen molar-refractivity contribution >= 4 is 11.4 Å².